The van der Waals surface area contributed by atoms with E-state index < -0.39 is 0 Å². The van der Waals surface area contributed by atoms with Crippen LogP contribution in [0.1, 0.15) is 33.1 Å². The van der Waals surface area contributed by atoms with Crippen LogP contribution in [0.2, 0.25) is 5.02 Å². The highest BCUT2D eigenvalue weighted by molar-refractivity contribution is 7.99. The van der Waals surface area contributed by atoms with Gasteiger partial charge in [0.2, 0.25) is 5.91 Å². The van der Waals surface area contributed by atoms with E-state index in [-0.39, 0.29) is 23.3 Å². The fourth-order valence-corrected chi connectivity index (χ4v) is 4.73. The number of thioether (sulfide) groups is 1. The summed E-state index contributed by atoms with van der Waals surface area (Å²) in [4.78, 5) is 29.9. The van der Waals surface area contributed by atoms with Gasteiger partial charge in [-0.2, -0.15) is 0 Å². The van der Waals surface area contributed by atoms with Crippen LogP contribution >= 0.6 is 23.4 Å². The van der Waals surface area contributed by atoms with Gasteiger partial charge in [-0.05, 0) is 36.5 Å². The Kier molecular flexibility index (Phi) is 6.83. The monoisotopic (exact) mass is 419 g/mol. The van der Waals surface area contributed by atoms with Gasteiger partial charge < -0.3 is 5.32 Å². The van der Waals surface area contributed by atoms with E-state index in [9.17, 15) is 9.59 Å². The third-order valence-electron chi connectivity index (χ3n) is 5.58. The molecule has 0 saturated heterocycles. The molecule has 3 atom stereocenters. The Hall–Kier alpha value is -1.79. The third kappa shape index (κ3) is 4.61. The Morgan fingerprint density at radius 2 is 2.21 bits per heavy atom. The Morgan fingerprint density at radius 3 is 2.96 bits per heavy atom. The van der Waals surface area contributed by atoms with Crippen LogP contribution in [0.5, 0.6) is 0 Å². The maximum absolute atomic E-state index is 12.8. The fourth-order valence-electron chi connectivity index (χ4n) is 3.74. The molecule has 0 unspecified atom stereocenters. The van der Waals surface area contributed by atoms with E-state index in [1.165, 1.54) is 22.7 Å². The number of carbonyl (C=O) groups is 1. The molecular formula is C21H26ClN3O2S. The van der Waals surface area contributed by atoms with Crippen LogP contribution in [0, 0.1) is 11.8 Å². The number of amides is 1. The van der Waals surface area contributed by atoms with Gasteiger partial charge in [0.1, 0.15) is 0 Å². The van der Waals surface area contributed by atoms with Gasteiger partial charge in [0.25, 0.3) is 5.56 Å². The summed E-state index contributed by atoms with van der Waals surface area (Å²) in [5.74, 6) is 1.30. The number of halogens is 1. The van der Waals surface area contributed by atoms with Crippen LogP contribution in [0.3, 0.4) is 0 Å². The van der Waals surface area contributed by atoms with Gasteiger partial charge in [-0.15, -0.1) is 6.58 Å². The minimum atomic E-state index is -0.176. The second kappa shape index (κ2) is 9.14. The van der Waals surface area contributed by atoms with Crippen molar-refractivity contribution in [1.29, 1.82) is 0 Å². The second-order valence-electron chi connectivity index (χ2n) is 7.49. The molecule has 1 amide bonds. The van der Waals surface area contributed by atoms with Crippen molar-refractivity contribution in [1.82, 2.24) is 14.9 Å². The number of nitrogens with one attached hydrogen (secondary N) is 1. The summed E-state index contributed by atoms with van der Waals surface area (Å²) in [6.45, 7) is 8.51. The van der Waals surface area contributed by atoms with Crippen molar-refractivity contribution in [2.24, 2.45) is 11.8 Å². The van der Waals surface area contributed by atoms with Gasteiger partial charge in [-0.25, -0.2) is 4.98 Å². The first kappa shape index (κ1) is 20.9. The summed E-state index contributed by atoms with van der Waals surface area (Å²) < 4.78 is 1.54. The molecule has 0 aliphatic heterocycles. The lowest BCUT2D eigenvalue weighted by atomic mass is 9.78. The standard InChI is InChI=1S/C21H26ClN3O2S/c1-4-10-25-20(27)16-11-15(22)8-9-18(16)24-21(25)28-12-19(26)23-17-7-5-6-13(2)14(17)3/h4,8-9,11,13-14,17H,1,5-7,10,12H2,2-3H3,(H,23,26)/t13-,14-,17-/m1/s1. The summed E-state index contributed by atoms with van der Waals surface area (Å²) in [5.41, 5.74) is 0.400. The van der Waals surface area contributed by atoms with Gasteiger partial charge in [-0.1, -0.05) is 56.1 Å². The number of fused-ring (bicyclic) bond motifs is 1. The molecule has 0 bridgehead atoms. The minimum absolute atomic E-state index is 0.0217. The quantitative estimate of drug-likeness (QED) is 0.431. The van der Waals surface area contributed by atoms with Crippen molar-refractivity contribution in [2.75, 3.05) is 5.75 Å². The highest BCUT2D eigenvalue weighted by atomic mass is 35.5. The van der Waals surface area contributed by atoms with E-state index in [0.717, 1.165) is 12.8 Å². The van der Waals surface area contributed by atoms with E-state index in [4.69, 9.17) is 11.6 Å². The zero-order valence-electron chi connectivity index (χ0n) is 16.3. The highest BCUT2D eigenvalue weighted by Gasteiger charge is 2.28. The van der Waals surface area contributed by atoms with Crippen molar-refractivity contribution in [3.63, 3.8) is 0 Å². The summed E-state index contributed by atoms with van der Waals surface area (Å²) in [5, 5.41) is 4.64. The van der Waals surface area contributed by atoms with Crippen LogP contribution in [-0.4, -0.2) is 27.3 Å². The van der Waals surface area contributed by atoms with Crippen LogP contribution in [0.15, 0.2) is 40.8 Å². The summed E-state index contributed by atoms with van der Waals surface area (Å²) in [6, 6.07) is 5.28. The van der Waals surface area contributed by atoms with Gasteiger partial charge in [0, 0.05) is 17.6 Å². The number of carbonyl (C=O) groups excluding carboxylic acids is 1. The lowest BCUT2D eigenvalue weighted by Crippen LogP contribution is -2.44. The molecule has 0 radical (unpaired) electrons. The molecular weight excluding hydrogens is 394 g/mol. The molecule has 7 heteroatoms. The highest BCUT2D eigenvalue weighted by Crippen LogP contribution is 2.29. The van der Waals surface area contributed by atoms with Crippen molar-refractivity contribution in [3.05, 3.63) is 46.2 Å². The van der Waals surface area contributed by atoms with Gasteiger partial charge in [-0.3, -0.25) is 14.2 Å². The molecule has 28 heavy (non-hydrogen) atoms. The number of nitrogens with zero attached hydrogens (tertiary/aromatic N) is 2. The zero-order chi connectivity index (χ0) is 20.3. The third-order valence-corrected chi connectivity index (χ3v) is 6.79. The molecule has 5 nitrogen and oxygen atoms in total. The smallest absolute Gasteiger partial charge is 0.262 e. The summed E-state index contributed by atoms with van der Waals surface area (Å²) in [6.07, 6.45) is 5.05. The van der Waals surface area contributed by atoms with Crippen LogP contribution in [0.25, 0.3) is 10.9 Å². The molecule has 0 spiro atoms. The van der Waals surface area contributed by atoms with Crippen molar-refractivity contribution >= 4 is 40.2 Å². The first-order valence-electron chi connectivity index (χ1n) is 9.64. The fraction of sp³-hybridized carbons (Fsp3) is 0.476. The topological polar surface area (TPSA) is 64.0 Å². The van der Waals surface area contributed by atoms with E-state index in [1.807, 2.05) is 0 Å². The Morgan fingerprint density at radius 1 is 1.43 bits per heavy atom. The van der Waals surface area contributed by atoms with Crippen molar-refractivity contribution < 1.29 is 4.79 Å². The van der Waals surface area contributed by atoms with Gasteiger partial charge in [0.05, 0.1) is 16.7 Å². The maximum Gasteiger partial charge on any atom is 0.262 e. The van der Waals surface area contributed by atoms with E-state index >= 15 is 0 Å². The van der Waals surface area contributed by atoms with Crippen LogP contribution in [-0.2, 0) is 11.3 Å². The predicted molar refractivity (Wildman–Crippen MR) is 116 cm³/mol. The number of hydrogen-bond donors (Lipinski definition) is 1. The molecule has 1 saturated carbocycles. The molecule has 1 N–H and O–H groups in total. The number of hydrogen-bond acceptors (Lipinski definition) is 4. The number of aromatic nitrogens is 2. The van der Waals surface area contributed by atoms with Gasteiger partial charge in [0.15, 0.2) is 5.16 Å². The second-order valence-corrected chi connectivity index (χ2v) is 8.87. The normalized spacial score (nSPS) is 22.2. The average molecular weight is 420 g/mol. The van der Waals surface area contributed by atoms with E-state index in [0.29, 0.717) is 39.5 Å². The average Bonchev–Trinajstić information content (AvgIpc) is 2.67. The van der Waals surface area contributed by atoms with Crippen molar-refractivity contribution in [2.45, 2.75) is 50.9 Å². The van der Waals surface area contributed by atoms with Gasteiger partial charge >= 0.3 is 0 Å². The first-order chi connectivity index (χ1) is 13.4. The Balaban J connectivity index is 1.77. The largest absolute Gasteiger partial charge is 0.352 e. The molecule has 1 aromatic heterocycles. The number of rotatable bonds is 6. The molecule has 1 aromatic carbocycles. The van der Waals surface area contributed by atoms with E-state index in [1.54, 1.807) is 24.3 Å². The molecule has 2 aromatic rings. The first-order valence-corrected chi connectivity index (χ1v) is 11.0. The lowest BCUT2D eigenvalue weighted by molar-refractivity contribution is -0.120. The Labute approximate surface area is 174 Å². The molecule has 3 rings (SSSR count). The number of benzene rings is 1. The molecule has 1 fully saturated rings. The molecule has 1 aliphatic rings. The molecule has 150 valence electrons. The molecule has 1 aliphatic carbocycles. The number of allylic oxidation sites excluding steroid dienone is 1. The predicted octanol–water partition coefficient (Wildman–Crippen LogP) is 4.27. The Bertz CT molecular complexity index is 943. The molecule has 1 heterocycles. The van der Waals surface area contributed by atoms with Crippen molar-refractivity contribution in [3.8, 4) is 0 Å². The minimum Gasteiger partial charge on any atom is -0.352 e. The lowest BCUT2D eigenvalue weighted by Gasteiger charge is -2.34. The van der Waals surface area contributed by atoms with Crippen LogP contribution < -0.4 is 10.9 Å². The summed E-state index contributed by atoms with van der Waals surface area (Å²) in [7, 11) is 0. The van der Waals surface area contributed by atoms with E-state index in [2.05, 4.69) is 30.7 Å². The SMILES string of the molecule is C=CCn1c(SCC(=O)N[C@@H]2CCC[C@@H](C)[C@H]2C)nc2ccc(Cl)cc2c1=O. The maximum atomic E-state index is 12.8. The zero-order valence-corrected chi connectivity index (χ0v) is 17.9. The van der Waals surface area contributed by atoms with Crippen LogP contribution in [0.4, 0.5) is 0 Å². The summed E-state index contributed by atoms with van der Waals surface area (Å²) >= 11 is 7.30.